The number of para-hydroxylation sites is 4. The van der Waals surface area contributed by atoms with Crippen LogP contribution in [-0.2, 0) is 0 Å². The molecule has 0 N–H and O–H groups in total. The van der Waals surface area contributed by atoms with Gasteiger partial charge < -0.3 is 9.13 Å². The van der Waals surface area contributed by atoms with Crippen molar-refractivity contribution in [2.45, 2.75) is 0 Å². The monoisotopic (exact) mass is 610 g/mol. The first-order chi connectivity index (χ1) is 19.3. The van der Waals surface area contributed by atoms with Gasteiger partial charge in [0, 0.05) is 36.5 Å². The molecule has 2 aromatic heterocycles. The predicted octanol–water partition coefficient (Wildman–Crippen LogP) is 10.2. The predicted molar refractivity (Wildman–Crippen MR) is 173 cm³/mol. The van der Waals surface area contributed by atoms with Crippen LogP contribution in [0, 0.1) is 3.57 Å². The lowest BCUT2D eigenvalue weighted by Gasteiger charge is -2.13. The smallest absolute Gasteiger partial charge is 0.0541 e. The van der Waals surface area contributed by atoms with E-state index in [0.717, 1.165) is 0 Å². The minimum absolute atomic E-state index is 1.17. The highest BCUT2D eigenvalue weighted by atomic mass is 127. The lowest BCUT2D eigenvalue weighted by atomic mass is 10.0. The summed E-state index contributed by atoms with van der Waals surface area (Å²) in [6.07, 6.45) is 0. The standard InChI is InChI=1S/C36H23IN2/c37-32-23-26(39-35-15-7-3-11-30(35)31-12-4-8-16-36(31)39)21-22-27(32)24-17-19-25(20-18-24)38-33-13-5-1-9-28(33)29-10-2-6-14-34(29)38/h1-23H. The lowest BCUT2D eigenvalue weighted by Crippen LogP contribution is -1.96. The molecule has 3 heteroatoms. The molecule has 39 heavy (non-hydrogen) atoms. The zero-order chi connectivity index (χ0) is 25.9. The summed E-state index contributed by atoms with van der Waals surface area (Å²) < 4.78 is 5.98. The molecule has 0 bridgehead atoms. The molecule has 0 fully saturated rings. The minimum Gasteiger partial charge on any atom is -0.309 e. The second-order valence-electron chi connectivity index (χ2n) is 9.95. The molecule has 8 rings (SSSR count). The van der Waals surface area contributed by atoms with Crippen molar-refractivity contribution in [2.75, 3.05) is 0 Å². The summed E-state index contributed by atoms with van der Waals surface area (Å²) in [5.41, 5.74) is 9.76. The number of rotatable bonds is 3. The molecule has 0 saturated heterocycles. The van der Waals surface area contributed by atoms with Gasteiger partial charge >= 0.3 is 0 Å². The number of nitrogens with zero attached hydrogens (tertiary/aromatic N) is 2. The SMILES string of the molecule is Ic1cc(-n2c3ccccc3c3ccccc32)ccc1-c1ccc(-n2c3ccccc3c3ccccc32)cc1. The molecule has 184 valence electrons. The van der Waals surface area contributed by atoms with Crippen molar-refractivity contribution in [2.24, 2.45) is 0 Å². The molecule has 0 radical (unpaired) electrons. The number of halogens is 1. The van der Waals surface area contributed by atoms with Crippen molar-refractivity contribution >= 4 is 66.2 Å². The van der Waals surface area contributed by atoms with E-state index >= 15 is 0 Å². The second kappa shape index (κ2) is 8.85. The van der Waals surface area contributed by atoms with Crippen molar-refractivity contribution < 1.29 is 0 Å². The number of benzene rings is 6. The molecule has 2 heterocycles. The molecule has 0 amide bonds. The van der Waals surface area contributed by atoms with E-state index in [4.69, 9.17) is 0 Å². The number of aromatic nitrogens is 2. The molecule has 0 atom stereocenters. The van der Waals surface area contributed by atoms with E-state index < -0.39 is 0 Å². The van der Waals surface area contributed by atoms with Crippen molar-refractivity contribution in [3.63, 3.8) is 0 Å². The first-order valence-electron chi connectivity index (χ1n) is 13.1. The fraction of sp³-hybridized carbons (Fsp3) is 0. The summed E-state index contributed by atoms with van der Waals surface area (Å²) in [4.78, 5) is 0. The fourth-order valence-corrected chi connectivity index (χ4v) is 6.88. The van der Waals surface area contributed by atoms with E-state index in [9.17, 15) is 0 Å². The van der Waals surface area contributed by atoms with Crippen LogP contribution in [0.1, 0.15) is 0 Å². The molecular weight excluding hydrogens is 587 g/mol. The molecule has 2 nitrogen and oxygen atoms in total. The molecule has 8 aromatic rings. The highest BCUT2D eigenvalue weighted by Gasteiger charge is 2.14. The summed E-state index contributed by atoms with van der Waals surface area (Å²) in [7, 11) is 0. The van der Waals surface area contributed by atoms with Crippen LogP contribution in [0.3, 0.4) is 0 Å². The van der Waals surface area contributed by atoms with Gasteiger partial charge in [0.2, 0.25) is 0 Å². The van der Waals surface area contributed by atoms with Crippen molar-refractivity contribution in [1.29, 1.82) is 0 Å². The Labute approximate surface area is 239 Å². The molecule has 0 unspecified atom stereocenters. The maximum absolute atomic E-state index is 2.49. The van der Waals surface area contributed by atoms with Crippen LogP contribution < -0.4 is 0 Å². The topological polar surface area (TPSA) is 9.86 Å². The van der Waals surface area contributed by atoms with Crippen LogP contribution in [0.4, 0.5) is 0 Å². The Morgan fingerprint density at radius 2 is 0.769 bits per heavy atom. The van der Waals surface area contributed by atoms with Crippen molar-refractivity contribution in [3.8, 4) is 22.5 Å². The van der Waals surface area contributed by atoms with Crippen LogP contribution in [0.15, 0.2) is 140 Å². The maximum atomic E-state index is 2.49. The first-order valence-corrected chi connectivity index (χ1v) is 14.2. The maximum Gasteiger partial charge on any atom is 0.0541 e. The normalized spacial score (nSPS) is 11.7. The average Bonchev–Trinajstić information content (AvgIpc) is 3.51. The van der Waals surface area contributed by atoms with E-state index in [-0.39, 0.29) is 0 Å². The van der Waals surface area contributed by atoms with Gasteiger partial charge in [-0.3, -0.25) is 0 Å². The third-order valence-electron chi connectivity index (χ3n) is 7.81. The minimum atomic E-state index is 1.17. The Morgan fingerprint density at radius 1 is 0.385 bits per heavy atom. The molecule has 0 aliphatic rings. The van der Waals surface area contributed by atoms with E-state index in [1.165, 1.54) is 69.7 Å². The fourth-order valence-electron chi connectivity index (χ4n) is 6.07. The van der Waals surface area contributed by atoms with Gasteiger partial charge in [-0.15, -0.1) is 0 Å². The van der Waals surface area contributed by atoms with Gasteiger partial charge in [0.15, 0.2) is 0 Å². The van der Waals surface area contributed by atoms with Gasteiger partial charge in [-0.2, -0.15) is 0 Å². The third-order valence-corrected chi connectivity index (χ3v) is 8.70. The van der Waals surface area contributed by atoms with Crippen LogP contribution in [0.25, 0.3) is 66.1 Å². The Balaban J connectivity index is 1.22. The van der Waals surface area contributed by atoms with E-state index in [1.54, 1.807) is 0 Å². The largest absolute Gasteiger partial charge is 0.309 e. The Bertz CT molecular complexity index is 2070. The molecule has 0 saturated carbocycles. The molecular formula is C36H23IN2. The van der Waals surface area contributed by atoms with E-state index in [0.29, 0.717) is 0 Å². The molecule has 0 aliphatic heterocycles. The van der Waals surface area contributed by atoms with Gasteiger partial charge in [0.05, 0.1) is 22.1 Å². The summed E-state index contributed by atoms with van der Waals surface area (Å²) in [5, 5.41) is 5.14. The lowest BCUT2D eigenvalue weighted by molar-refractivity contribution is 1.17. The van der Waals surface area contributed by atoms with Gasteiger partial charge in [-0.25, -0.2) is 0 Å². The molecule has 0 aliphatic carbocycles. The zero-order valence-corrected chi connectivity index (χ0v) is 23.2. The Hall–Kier alpha value is -4.35. The molecule has 0 spiro atoms. The van der Waals surface area contributed by atoms with Crippen molar-refractivity contribution in [1.82, 2.24) is 9.13 Å². The second-order valence-corrected chi connectivity index (χ2v) is 11.1. The highest BCUT2D eigenvalue weighted by molar-refractivity contribution is 14.1. The van der Waals surface area contributed by atoms with E-state index in [2.05, 4.69) is 171 Å². The van der Waals surface area contributed by atoms with E-state index in [1.807, 2.05) is 0 Å². The van der Waals surface area contributed by atoms with Crippen LogP contribution in [-0.4, -0.2) is 9.13 Å². The quantitative estimate of drug-likeness (QED) is 0.176. The number of fused-ring (bicyclic) bond motifs is 6. The number of hydrogen-bond donors (Lipinski definition) is 0. The van der Waals surface area contributed by atoms with Gasteiger partial charge in [-0.1, -0.05) is 91.0 Å². The van der Waals surface area contributed by atoms with Gasteiger partial charge in [0.25, 0.3) is 0 Å². The van der Waals surface area contributed by atoms with Crippen LogP contribution >= 0.6 is 22.6 Å². The zero-order valence-electron chi connectivity index (χ0n) is 21.1. The van der Waals surface area contributed by atoms with Gasteiger partial charge in [-0.05, 0) is 82.2 Å². The van der Waals surface area contributed by atoms with Crippen LogP contribution in [0.5, 0.6) is 0 Å². The Morgan fingerprint density at radius 3 is 1.21 bits per heavy atom. The van der Waals surface area contributed by atoms with Crippen molar-refractivity contribution in [3.05, 3.63) is 143 Å². The third kappa shape index (κ3) is 3.46. The summed E-state index contributed by atoms with van der Waals surface area (Å²) in [5.74, 6) is 0. The average molecular weight is 610 g/mol. The summed E-state index contributed by atoms with van der Waals surface area (Å²) in [6.45, 7) is 0. The first kappa shape index (κ1) is 22.6. The number of hydrogen-bond acceptors (Lipinski definition) is 0. The highest BCUT2D eigenvalue weighted by Crippen LogP contribution is 2.36. The Kier molecular flexibility index (Phi) is 5.13. The summed E-state index contributed by atoms with van der Waals surface area (Å²) >= 11 is 2.49. The van der Waals surface area contributed by atoms with Crippen LogP contribution in [0.2, 0.25) is 0 Å². The summed E-state index contributed by atoms with van der Waals surface area (Å²) in [6, 6.07) is 50.4. The van der Waals surface area contributed by atoms with Gasteiger partial charge in [0.1, 0.15) is 0 Å². The molecule has 6 aromatic carbocycles.